The first-order valence-electron chi connectivity index (χ1n) is 13.4. The molecule has 0 fully saturated rings. The minimum atomic E-state index is -0.255. The van der Waals surface area contributed by atoms with Crippen LogP contribution in [0.1, 0.15) is 31.0 Å². The number of anilines is 5. The quantitative estimate of drug-likeness (QED) is 0.0591. The summed E-state index contributed by atoms with van der Waals surface area (Å²) in [5, 5.41) is 9.85. The molecule has 0 atom stereocenters. The Labute approximate surface area is 248 Å². The topological polar surface area (TPSA) is 132 Å². The van der Waals surface area contributed by atoms with Crippen molar-refractivity contribution < 1.29 is 9.53 Å². The van der Waals surface area contributed by atoms with Gasteiger partial charge in [0.2, 0.25) is 11.9 Å². The smallest absolute Gasteiger partial charge is 0.248 e. The molecule has 0 unspecified atom stereocenters. The zero-order chi connectivity index (χ0) is 29.5. The van der Waals surface area contributed by atoms with E-state index in [0.29, 0.717) is 45.9 Å². The minimum Gasteiger partial charge on any atom is -0.397 e. The Bertz CT molecular complexity index is 1720. The number of nitrogens with one attached hydrogen (secondary N) is 3. The summed E-state index contributed by atoms with van der Waals surface area (Å²) in [7, 11) is 0. The van der Waals surface area contributed by atoms with Crippen molar-refractivity contribution >= 4 is 63.6 Å². The van der Waals surface area contributed by atoms with Gasteiger partial charge in [0.1, 0.15) is 6.73 Å². The van der Waals surface area contributed by atoms with Crippen LogP contribution in [-0.2, 0) is 16.1 Å². The molecule has 3 aromatic carbocycles. The lowest BCUT2D eigenvalue weighted by Gasteiger charge is -2.12. The number of nitrogens with zero attached hydrogens (tertiary/aromatic N) is 4. The molecular formula is C31H31ClN8O2. The van der Waals surface area contributed by atoms with Gasteiger partial charge in [0.05, 0.1) is 24.3 Å². The first-order valence-corrected chi connectivity index (χ1v) is 13.7. The van der Waals surface area contributed by atoms with Crippen LogP contribution in [0.5, 0.6) is 0 Å². The highest BCUT2D eigenvalue weighted by Crippen LogP contribution is 2.27. The number of benzene rings is 3. The summed E-state index contributed by atoms with van der Waals surface area (Å²) in [5.74, 6) is 0.716. The summed E-state index contributed by atoms with van der Waals surface area (Å²) >= 11 is 6.17. The average molecular weight is 583 g/mol. The fourth-order valence-electron chi connectivity index (χ4n) is 4.13. The van der Waals surface area contributed by atoms with Gasteiger partial charge in [0, 0.05) is 22.8 Å². The van der Waals surface area contributed by atoms with Gasteiger partial charge in [-0.2, -0.15) is 9.97 Å². The zero-order valence-electron chi connectivity index (χ0n) is 23.2. The van der Waals surface area contributed by atoms with Crippen molar-refractivity contribution in [2.45, 2.75) is 26.5 Å². The van der Waals surface area contributed by atoms with E-state index in [2.05, 4.69) is 44.7 Å². The van der Waals surface area contributed by atoms with E-state index in [1.54, 1.807) is 24.5 Å². The van der Waals surface area contributed by atoms with Crippen LogP contribution >= 0.6 is 11.6 Å². The number of aromatic nitrogens is 4. The Morgan fingerprint density at radius 3 is 2.64 bits per heavy atom. The first-order chi connectivity index (χ1) is 20.4. The third kappa shape index (κ3) is 7.22. The van der Waals surface area contributed by atoms with E-state index in [1.165, 1.54) is 6.08 Å². The van der Waals surface area contributed by atoms with Gasteiger partial charge in [-0.1, -0.05) is 54.1 Å². The van der Waals surface area contributed by atoms with Crippen molar-refractivity contribution in [3.05, 3.63) is 101 Å². The van der Waals surface area contributed by atoms with Gasteiger partial charge in [0.15, 0.2) is 17.0 Å². The second-order valence-electron chi connectivity index (χ2n) is 9.77. The monoisotopic (exact) mass is 582 g/mol. The highest BCUT2D eigenvalue weighted by Gasteiger charge is 2.15. The number of amides is 1. The van der Waals surface area contributed by atoms with Crippen molar-refractivity contribution in [1.82, 2.24) is 19.5 Å². The largest absolute Gasteiger partial charge is 0.397 e. The van der Waals surface area contributed by atoms with Crippen molar-refractivity contribution in [3.8, 4) is 0 Å². The molecule has 11 heteroatoms. The Kier molecular flexibility index (Phi) is 8.96. The van der Waals surface area contributed by atoms with Crippen molar-refractivity contribution in [1.29, 1.82) is 0 Å². The molecule has 0 radical (unpaired) electrons. The van der Waals surface area contributed by atoms with Crippen LogP contribution in [0.25, 0.3) is 17.2 Å². The lowest BCUT2D eigenvalue weighted by molar-refractivity contribution is -0.111. The summed E-state index contributed by atoms with van der Waals surface area (Å²) in [6, 6.07) is 22.4. The number of rotatable bonds is 11. The SMILES string of the molecule is CC(C)n1cnc2c(Nc3cccc(Cl)c3)nc(NCOCc3ccc(/C=C/C(=O)Nc4ccccc4N)cc3)nc21. The normalized spacial score (nSPS) is 11.3. The van der Waals surface area contributed by atoms with Crippen LogP contribution < -0.4 is 21.7 Å². The number of ether oxygens (including phenoxy) is 1. The number of carbonyl (C=O) groups is 1. The summed E-state index contributed by atoms with van der Waals surface area (Å²) in [6.07, 6.45) is 4.97. The molecule has 5 N–H and O–H groups in total. The Morgan fingerprint density at radius 2 is 1.88 bits per heavy atom. The number of halogens is 1. The van der Waals surface area contributed by atoms with Gasteiger partial charge in [-0.25, -0.2) is 4.98 Å². The molecule has 0 saturated heterocycles. The van der Waals surface area contributed by atoms with Crippen LogP contribution in [0, 0.1) is 0 Å². The summed E-state index contributed by atoms with van der Waals surface area (Å²) in [5.41, 5.74) is 11.0. The Hall–Kier alpha value is -4.93. The number of nitrogens with two attached hydrogens (primary N) is 1. The maximum atomic E-state index is 12.2. The van der Waals surface area contributed by atoms with Crippen molar-refractivity contribution in [2.24, 2.45) is 0 Å². The molecule has 5 rings (SSSR count). The molecule has 214 valence electrons. The standard InChI is InChI=1S/C31H31ClN8O2/c1-20(2)40-18-34-28-29(36-24-7-5-6-23(32)16-24)38-31(39-30(28)40)35-19-42-17-22-12-10-21(11-13-22)14-15-27(41)37-26-9-4-3-8-25(26)33/h3-16,18,20H,17,19,33H2,1-2H3,(H,37,41)(H2,35,36,38,39)/b15-14+. The molecule has 0 aliphatic rings. The van der Waals surface area contributed by atoms with Gasteiger partial charge in [-0.3, -0.25) is 4.79 Å². The fraction of sp³-hybridized carbons (Fsp3) is 0.161. The Balaban J connectivity index is 1.18. The van der Waals surface area contributed by atoms with Gasteiger partial charge in [-0.05, 0) is 61.4 Å². The molecule has 1 amide bonds. The third-order valence-electron chi connectivity index (χ3n) is 6.29. The third-order valence-corrected chi connectivity index (χ3v) is 6.53. The number of hydrogen-bond donors (Lipinski definition) is 4. The van der Waals surface area contributed by atoms with Gasteiger partial charge in [0.25, 0.3) is 0 Å². The lowest BCUT2D eigenvalue weighted by atomic mass is 10.1. The van der Waals surface area contributed by atoms with E-state index in [4.69, 9.17) is 22.1 Å². The average Bonchev–Trinajstić information content (AvgIpc) is 3.41. The van der Waals surface area contributed by atoms with Crippen molar-refractivity contribution in [2.75, 3.05) is 28.4 Å². The molecule has 0 saturated carbocycles. The number of imidazole rings is 1. The zero-order valence-corrected chi connectivity index (χ0v) is 24.0. The maximum absolute atomic E-state index is 12.2. The molecule has 0 bridgehead atoms. The van der Waals surface area contributed by atoms with E-state index >= 15 is 0 Å². The number of carbonyl (C=O) groups excluding carboxylic acids is 1. The fourth-order valence-corrected chi connectivity index (χ4v) is 4.32. The molecular weight excluding hydrogens is 552 g/mol. The highest BCUT2D eigenvalue weighted by molar-refractivity contribution is 6.30. The van der Waals surface area contributed by atoms with Gasteiger partial charge >= 0.3 is 0 Å². The van der Waals surface area contributed by atoms with E-state index in [9.17, 15) is 4.79 Å². The summed E-state index contributed by atoms with van der Waals surface area (Å²) in [4.78, 5) is 26.1. The molecule has 42 heavy (non-hydrogen) atoms. The van der Waals surface area contributed by atoms with Crippen molar-refractivity contribution in [3.63, 3.8) is 0 Å². The number of para-hydroxylation sites is 2. The van der Waals surface area contributed by atoms with Crippen LogP contribution in [0.15, 0.2) is 85.2 Å². The number of fused-ring (bicyclic) bond motifs is 1. The predicted octanol–water partition coefficient (Wildman–Crippen LogP) is 6.62. The van der Waals surface area contributed by atoms with Crippen LogP contribution in [0.4, 0.5) is 28.8 Å². The molecule has 2 heterocycles. The van der Waals surface area contributed by atoms with E-state index in [-0.39, 0.29) is 18.7 Å². The predicted molar refractivity (Wildman–Crippen MR) is 169 cm³/mol. The molecule has 2 aromatic heterocycles. The number of nitrogen functional groups attached to an aromatic ring is 1. The minimum absolute atomic E-state index is 0.169. The van der Waals surface area contributed by atoms with E-state index < -0.39 is 0 Å². The molecule has 0 aliphatic heterocycles. The Morgan fingerprint density at radius 1 is 1.07 bits per heavy atom. The second-order valence-corrected chi connectivity index (χ2v) is 10.2. The van der Waals surface area contributed by atoms with Gasteiger partial charge in [-0.15, -0.1) is 0 Å². The van der Waals surface area contributed by atoms with E-state index in [1.807, 2.05) is 65.2 Å². The molecule has 5 aromatic rings. The van der Waals surface area contributed by atoms with Crippen LogP contribution in [0.3, 0.4) is 0 Å². The second kappa shape index (κ2) is 13.2. The molecule has 0 aliphatic carbocycles. The van der Waals surface area contributed by atoms with E-state index in [0.717, 1.165) is 16.8 Å². The number of hydrogen-bond acceptors (Lipinski definition) is 8. The lowest BCUT2D eigenvalue weighted by Crippen LogP contribution is -2.11. The highest BCUT2D eigenvalue weighted by atomic mass is 35.5. The molecule has 0 spiro atoms. The molecule has 10 nitrogen and oxygen atoms in total. The maximum Gasteiger partial charge on any atom is 0.248 e. The van der Waals surface area contributed by atoms with Crippen LogP contribution in [-0.4, -0.2) is 32.2 Å². The van der Waals surface area contributed by atoms with Crippen LogP contribution in [0.2, 0.25) is 5.02 Å². The first kappa shape index (κ1) is 28.6. The van der Waals surface area contributed by atoms with Gasteiger partial charge < -0.3 is 31.0 Å². The summed E-state index contributed by atoms with van der Waals surface area (Å²) in [6.45, 7) is 4.72. The summed E-state index contributed by atoms with van der Waals surface area (Å²) < 4.78 is 7.83.